The van der Waals surface area contributed by atoms with Crippen molar-refractivity contribution in [1.82, 2.24) is 0 Å². The molecule has 1 heterocycles. The molecule has 0 saturated carbocycles. The van der Waals surface area contributed by atoms with Crippen LogP contribution in [-0.2, 0) is 0 Å². The molecule has 0 fully saturated rings. The van der Waals surface area contributed by atoms with E-state index in [-0.39, 0.29) is 5.75 Å². The average molecular weight is 200 g/mol. The Morgan fingerprint density at radius 3 is 2.57 bits per heavy atom. The van der Waals surface area contributed by atoms with E-state index in [1.54, 1.807) is 29.5 Å². The Bertz CT molecular complexity index is 475. The number of hydrogen-bond donors (Lipinski definition) is 1. The zero-order chi connectivity index (χ0) is 9.80. The first-order valence-corrected chi connectivity index (χ1v) is 5.08. The Morgan fingerprint density at radius 1 is 1.00 bits per heavy atom. The lowest BCUT2D eigenvalue weighted by atomic mass is 10.2. The molecule has 0 saturated heterocycles. The van der Waals surface area contributed by atoms with Gasteiger partial charge in [-0.25, -0.2) is 0 Å². The maximum atomic E-state index is 9.44. The van der Waals surface area contributed by atoms with E-state index in [1.807, 2.05) is 23.6 Å². The van der Waals surface area contributed by atoms with Crippen LogP contribution in [0.25, 0.3) is 0 Å². The van der Waals surface area contributed by atoms with E-state index in [0.29, 0.717) is 5.56 Å². The molecule has 14 heavy (non-hydrogen) atoms. The number of aromatic hydroxyl groups is 1. The minimum absolute atomic E-state index is 0.233. The van der Waals surface area contributed by atoms with Gasteiger partial charge in [0.15, 0.2) is 0 Å². The highest BCUT2D eigenvalue weighted by Gasteiger charge is 1.93. The molecule has 1 aromatic carbocycles. The standard InChI is InChI=1S/C12H8OS/c13-12-6-2-1-4-10(12)7-8-11-5-3-9-14-11/h1-6,9,13H. The van der Waals surface area contributed by atoms with Crippen LogP contribution in [0.2, 0.25) is 0 Å². The largest absolute Gasteiger partial charge is 0.507 e. The normalized spacial score (nSPS) is 9.14. The van der Waals surface area contributed by atoms with Gasteiger partial charge in [0.2, 0.25) is 0 Å². The number of benzene rings is 1. The van der Waals surface area contributed by atoms with Crippen LogP contribution in [0.15, 0.2) is 41.8 Å². The number of phenolic OH excluding ortho intramolecular Hbond substituents is 1. The van der Waals surface area contributed by atoms with Crippen molar-refractivity contribution in [2.24, 2.45) is 0 Å². The molecular weight excluding hydrogens is 192 g/mol. The summed E-state index contributed by atoms with van der Waals surface area (Å²) >= 11 is 1.59. The van der Waals surface area contributed by atoms with Gasteiger partial charge in [0.25, 0.3) is 0 Å². The minimum Gasteiger partial charge on any atom is -0.507 e. The van der Waals surface area contributed by atoms with E-state index in [9.17, 15) is 5.11 Å². The summed E-state index contributed by atoms with van der Waals surface area (Å²) in [5.74, 6) is 6.15. The van der Waals surface area contributed by atoms with Crippen LogP contribution in [-0.4, -0.2) is 5.11 Å². The smallest absolute Gasteiger partial charge is 0.131 e. The van der Waals surface area contributed by atoms with Crippen molar-refractivity contribution in [2.75, 3.05) is 0 Å². The SMILES string of the molecule is Oc1ccccc1C#Cc1cccs1. The maximum Gasteiger partial charge on any atom is 0.131 e. The Morgan fingerprint density at radius 2 is 1.86 bits per heavy atom. The molecule has 2 heteroatoms. The molecule has 0 amide bonds. The van der Waals surface area contributed by atoms with E-state index >= 15 is 0 Å². The molecule has 0 atom stereocenters. The molecule has 68 valence electrons. The van der Waals surface area contributed by atoms with E-state index in [1.165, 1.54) is 0 Å². The van der Waals surface area contributed by atoms with E-state index in [2.05, 4.69) is 11.8 Å². The second kappa shape index (κ2) is 3.99. The van der Waals surface area contributed by atoms with Gasteiger partial charge in [-0.05, 0) is 23.6 Å². The summed E-state index contributed by atoms with van der Waals surface area (Å²) in [5, 5.41) is 11.4. The summed E-state index contributed by atoms with van der Waals surface area (Å²) in [5.41, 5.74) is 0.668. The zero-order valence-corrected chi connectivity index (χ0v) is 8.21. The number of para-hydroxylation sites is 1. The van der Waals surface area contributed by atoms with Crippen LogP contribution in [0.1, 0.15) is 10.4 Å². The highest BCUT2D eigenvalue weighted by Crippen LogP contribution is 2.14. The fraction of sp³-hybridized carbons (Fsp3) is 0. The first kappa shape index (κ1) is 8.86. The number of hydrogen-bond acceptors (Lipinski definition) is 2. The van der Waals surface area contributed by atoms with Crippen molar-refractivity contribution in [3.63, 3.8) is 0 Å². The number of thiophene rings is 1. The molecule has 0 aliphatic rings. The van der Waals surface area contributed by atoms with Gasteiger partial charge in [-0.1, -0.05) is 30.0 Å². The average Bonchev–Trinajstić information content (AvgIpc) is 2.69. The van der Waals surface area contributed by atoms with E-state index < -0.39 is 0 Å². The van der Waals surface area contributed by atoms with Crippen molar-refractivity contribution < 1.29 is 5.11 Å². The van der Waals surface area contributed by atoms with Crippen molar-refractivity contribution in [2.45, 2.75) is 0 Å². The Labute approximate surface area is 86.7 Å². The summed E-state index contributed by atoms with van der Waals surface area (Å²) in [6.45, 7) is 0. The first-order chi connectivity index (χ1) is 6.86. The molecule has 0 spiro atoms. The molecule has 2 rings (SSSR count). The molecule has 0 bridgehead atoms. The molecule has 1 N–H and O–H groups in total. The highest BCUT2D eigenvalue weighted by atomic mass is 32.1. The van der Waals surface area contributed by atoms with Crippen molar-refractivity contribution >= 4 is 11.3 Å². The van der Waals surface area contributed by atoms with E-state index in [0.717, 1.165) is 4.88 Å². The van der Waals surface area contributed by atoms with Gasteiger partial charge in [-0.2, -0.15) is 0 Å². The molecule has 2 aromatic rings. The van der Waals surface area contributed by atoms with Crippen LogP contribution in [0.5, 0.6) is 5.75 Å². The minimum atomic E-state index is 0.233. The van der Waals surface area contributed by atoms with Gasteiger partial charge in [0, 0.05) is 0 Å². The summed E-state index contributed by atoms with van der Waals surface area (Å²) in [6.07, 6.45) is 0. The Kier molecular flexibility index (Phi) is 2.53. The predicted octanol–water partition coefficient (Wildman–Crippen LogP) is 2.85. The van der Waals surface area contributed by atoms with Gasteiger partial charge in [0.05, 0.1) is 10.4 Å². The molecular formula is C12H8OS. The van der Waals surface area contributed by atoms with Crippen molar-refractivity contribution in [3.05, 3.63) is 52.2 Å². The lowest BCUT2D eigenvalue weighted by Gasteiger charge is -1.92. The molecule has 0 unspecified atom stereocenters. The summed E-state index contributed by atoms with van der Waals surface area (Å²) in [7, 11) is 0. The lowest BCUT2D eigenvalue weighted by molar-refractivity contribution is 0.473. The van der Waals surface area contributed by atoms with Gasteiger partial charge in [0.1, 0.15) is 5.75 Å². The van der Waals surface area contributed by atoms with Gasteiger partial charge >= 0.3 is 0 Å². The van der Waals surface area contributed by atoms with Crippen LogP contribution in [0.3, 0.4) is 0 Å². The maximum absolute atomic E-state index is 9.44. The lowest BCUT2D eigenvalue weighted by Crippen LogP contribution is -1.74. The third kappa shape index (κ3) is 1.95. The third-order valence-corrected chi connectivity index (χ3v) is 2.53. The number of phenols is 1. The van der Waals surface area contributed by atoms with Crippen LogP contribution < -0.4 is 0 Å². The first-order valence-electron chi connectivity index (χ1n) is 4.20. The molecule has 1 aromatic heterocycles. The van der Waals surface area contributed by atoms with Gasteiger partial charge in [-0.15, -0.1) is 11.3 Å². The fourth-order valence-electron chi connectivity index (χ4n) is 1.06. The predicted molar refractivity (Wildman–Crippen MR) is 58.4 cm³/mol. The molecule has 1 nitrogen and oxygen atoms in total. The van der Waals surface area contributed by atoms with Gasteiger partial charge in [-0.3, -0.25) is 0 Å². The number of rotatable bonds is 0. The van der Waals surface area contributed by atoms with Gasteiger partial charge < -0.3 is 5.11 Å². The van der Waals surface area contributed by atoms with E-state index in [4.69, 9.17) is 0 Å². The van der Waals surface area contributed by atoms with Crippen LogP contribution >= 0.6 is 11.3 Å². The summed E-state index contributed by atoms with van der Waals surface area (Å²) in [6, 6.07) is 11.0. The fourth-order valence-corrected chi connectivity index (χ4v) is 1.63. The topological polar surface area (TPSA) is 20.2 Å². The molecule has 0 aliphatic heterocycles. The Balaban J connectivity index is 2.31. The van der Waals surface area contributed by atoms with Crippen LogP contribution in [0.4, 0.5) is 0 Å². The monoisotopic (exact) mass is 200 g/mol. The quantitative estimate of drug-likeness (QED) is 0.648. The highest BCUT2D eigenvalue weighted by molar-refractivity contribution is 7.10. The second-order valence-corrected chi connectivity index (χ2v) is 3.69. The zero-order valence-electron chi connectivity index (χ0n) is 7.40. The van der Waals surface area contributed by atoms with Crippen molar-refractivity contribution in [3.8, 4) is 17.6 Å². The third-order valence-electron chi connectivity index (χ3n) is 1.75. The Hall–Kier alpha value is -1.72. The summed E-state index contributed by atoms with van der Waals surface area (Å²) < 4.78 is 0. The molecule has 0 radical (unpaired) electrons. The van der Waals surface area contributed by atoms with Crippen molar-refractivity contribution in [1.29, 1.82) is 0 Å². The summed E-state index contributed by atoms with van der Waals surface area (Å²) in [4.78, 5) is 1.01. The van der Waals surface area contributed by atoms with Crippen LogP contribution in [0, 0.1) is 11.8 Å². The molecule has 0 aliphatic carbocycles. The second-order valence-electron chi connectivity index (χ2n) is 2.74.